The van der Waals surface area contributed by atoms with E-state index in [1.165, 1.54) is 5.56 Å². The topological polar surface area (TPSA) is 50.4 Å². The molecule has 0 spiro atoms. The average molecular weight is 322 g/mol. The Kier molecular flexibility index (Phi) is 5.64. The van der Waals surface area contributed by atoms with Crippen molar-refractivity contribution in [2.75, 3.05) is 13.2 Å². The largest absolute Gasteiger partial charge is 0.490 e. The number of nitrogens with one attached hydrogen (secondary N) is 2. The molecule has 124 valence electrons. The summed E-state index contributed by atoms with van der Waals surface area (Å²) in [5.74, 6) is 0.940. The third kappa shape index (κ3) is 4.70. The van der Waals surface area contributed by atoms with Crippen molar-refractivity contribution in [3.63, 3.8) is 0 Å². The number of hydrogen-bond acceptors (Lipinski definition) is 3. The van der Waals surface area contributed by atoms with E-state index in [1.807, 2.05) is 54.6 Å². The second-order valence-electron chi connectivity index (χ2n) is 5.78. The Balaban J connectivity index is 1.42. The molecule has 4 nitrogen and oxygen atoms in total. The number of rotatable bonds is 7. The molecule has 0 aliphatic carbocycles. The Labute approximate surface area is 142 Å². The summed E-state index contributed by atoms with van der Waals surface area (Å²) in [4.78, 5) is 11.5. The van der Waals surface area contributed by atoms with Crippen molar-refractivity contribution in [3.05, 3.63) is 71.8 Å². The minimum absolute atomic E-state index is 0.0657. The highest BCUT2D eigenvalue weighted by atomic mass is 16.5. The van der Waals surface area contributed by atoms with Crippen LogP contribution in [0.3, 0.4) is 0 Å². The maximum atomic E-state index is 11.5. The first-order valence-corrected chi connectivity index (χ1v) is 8.26. The molecule has 1 fully saturated rings. The molecule has 24 heavy (non-hydrogen) atoms. The maximum Gasteiger partial charge on any atom is 0.237 e. The molecule has 1 saturated heterocycles. The molecule has 1 aliphatic rings. The van der Waals surface area contributed by atoms with Gasteiger partial charge in [-0.15, -0.1) is 0 Å². The van der Waals surface area contributed by atoms with Gasteiger partial charge >= 0.3 is 0 Å². The van der Waals surface area contributed by atoms with Crippen LogP contribution >= 0.6 is 0 Å². The molecule has 0 saturated carbocycles. The highest BCUT2D eigenvalue weighted by Crippen LogP contribution is 2.13. The third-order valence-electron chi connectivity index (χ3n) is 3.98. The molecule has 1 unspecified atom stereocenters. The number of amides is 1. The summed E-state index contributed by atoms with van der Waals surface area (Å²) in [5.41, 5.74) is 2.31. The highest BCUT2D eigenvalue weighted by Gasteiger charge is 2.22. The van der Waals surface area contributed by atoms with Gasteiger partial charge in [0.05, 0.1) is 6.04 Å². The summed E-state index contributed by atoms with van der Waals surface area (Å²) in [6.07, 6.45) is 4.90. The van der Waals surface area contributed by atoms with E-state index in [-0.39, 0.29) is 11.9 Å². The summed E-state index contributed by atoms with van der Waals surface area (Å²) in [5, 5.41) is 6.10. The van der Waals surface area contributed by atoms with Gasteiger partial charge in [0.2, 0.25) is 5.91 Å². The lowest BCUT2D eigenvalue weighted by atomic mass is 10.2. The molecule has 2 aromatic rings. The lowest BCUT2D eigenvalue weighted by Gasteiger charge is -2.10. The van der Waals surface area contributed by atoms with Crippen LogP contribution in [0.25, 0.3) is 6.08 Å². The average Bonchev–Trinajstić information content (AvgIpc) is 3.04. The molecule has 2 aromatic carbocycles. The van der Waals surface area contributed by atoms with Crippen LogP contribution in [0.5, 0.6) is 5.75 Å². The second-order valence-corrected chi connectivity index (χ2v) is 5.78. The highest BCUT2D eigenvalue weighted by molar-refractivity contribution is 5.83. The third-order valence-corrected chi connectivity index (χ3v) is 3.98. The molecule has 0 bridgehead atoms. The van der Waals surface area contributed by atoms with Crippen LogP contribution in [0, 0.1) is 0 Å². The SMILES string of the molecule is O=C1NCCC1NCc1ccc(OCC=Cc2ccccc2)cc1. The van der Waals surface area contributed by atoms with Crippen LogP contribution in [-0.2, 0) is 11.3 Å². The van der Waals surface area contributed by atoms with Gasteiger partial charge in [0.1, 0.15) is 12.4 Å². The van der Waals surface area contributed by atoms with Gasteiger partial charge in [-0.1, -0.05) is 48.5 Å². The fraction of sp³-hybridized carbons (Fsp3) is 0.250. The molecule has 3 rings (SSSR count). The van der Waals surface area contributed by atoms with Gasteiger partial charge in [0, 0.05) is 13.1 Å². The predicted molar refractivity (Wildman–Crippen MR) is 95.7 cm³/mol. The van der Waals surface area contributed by atoms with Gasteiger partial charge in [-0.25, -0.2) is 0 Å². The first-order chi connectivity index (χ1) is 11.8. The van der Waals surface area contributed by atoms with E-state index in [9.17, 15) is 4.79 Å². The zero-order chi connectivity index (χ0) is 16.6. The Morgan fingerprint density at radius 2 is 1.92 bits per heavy atom. The van der Waals surface area contributed by atoms with Crippen LogP contribution in [0.4, 0.5) is 0 Å². The van der Waals surface area contributed by atoms with Crippen molar-refractivity contribution in [2.24, 2.45) is 0 Å². The zero-order valence-corrected chi connectivity index (χ0v) is 13.6. The standard InChI is InChI=1S/C20H22N2O2/c23-20-19(12-13-21-20)22-15-17-8-10-18(11-9-17)24-14-4-7-16-5-2-1-3-6-16/h1-11,19,22H,12-15H2,(H,21,23). The van der Waals surface area contributed by atoms with Crippen LogP contribution in [0.2, 0.25) is 0 Å². The van der Waals surface area contributed by atoms with Crippen molar-refractivity contribution < 1.29 is 9.53 Å². The van der Waals surface area contributed by atoms with E-state index in [0.717, 1.165) is 24.3 Å². The summed E-state index contributed by atoms with van der Waals surface area (Å²) in [6.45, 7) is 1.99. The monoisotopic (exact) mass is 322 g/mol. The molecule has 1 amide bonds. The molecule has 1 aliphatic heterocycles. The van der Waals surface area contributed by atoms with Gasteiger partial charge < -0.3 is 15.4 Å². The Morgan fingerprint density at radius 1 is 1.12 bits per heavy atom. The Morgan fingerprint density at radius 3 is 2.62 bits per heavy atom. The van der Waals surface area contributed by atoms with Crippen LogP contribution in [0.1, 0.15) is 17.5 Å². The minimum atomic E-state index is -0.0657. The molecule has 4 heteroatoms. The van der Waals surface area contributed by atoms with Crippen molar-refractivity contribution in [3.8, 4) is 5.75 Å². The Bertz CT molecular complexity index is 681. The van der Waals surface area contributed by atoms with Crippen molar-refractivity contribution in [2.45, 2.75) is 19.0 Å². The number of carbonyl (C=O) groups is 1. The van der Waals surface area contributed by atoms with Gasteiger partial charge in [0.15, 0.2) is 0 Å². The molecule has 2 N–H and O–H groups in total. The summed E-state index contributed by atoms with van der Waals surface area (Å²) < 4.78 is 5.71. The van der Waals surface area contributed by atoms with E-state index in [1.54, 1.807) is 0 Å². The van der Waals surface area contributed by atoms with Crippen LogP contribution < -0.4 is 15.4 Å². The summed E-state index contributed by atoms with van der Waals surface area (Å²) >= 11 is 0. The van der Waals surface area contributed by atoms with Crippen LogP contribution in [0.15, 0.2) is 60.7 Å². The number of benzene rings is 2. The number of carbonyl (C=O) groups excluding carboxylic acids is 1. The maximum absolute atomic E-state index is 11.5. The molecule has 0 radical (unpaired) electrons. The molecule has 1 atom stereocenters. The fourth-order valence-electron chi connectivity index (χ4n) is 2.63. The lowest BCUT2D eigenvalue weighted by Crippen LogP contribution is -2.35. The van der Waals surface area contributed by atoms with E-state index >= 15 is 0 Å². The molecular weight excluding hydrogens is 300 g/mol. The quantitative estimate of drug-likeness (QED) is 0.824. The minimum Gasteiger partial charge on any atom is -0.490 e. The van der Waals surface area contributed by atoms with Crippen molar-refractivity contribution in [1.82, 2.24) is 10.6 Å². The van der Waals surface area contributed by atoms with Gasteiger partial charge in [-0.2, -0.15) is 0 Å². The number of hydrogen-bond donors (Lipinski definition) is 2. The van der Waals surface area contributed by atoms with Crippen molar-refractivity contribution >= 4 is 12.0 Å². The summed E-state index contributed by atoms with van der Waals surface area (Å²) in [7, 11) is 0. The van der Waals surface area contributed by atoms with Crippen molar-refractivity contribution in [1.29, 1.82) is 0 Å². The molecular formula is C20H22N2O2. The first-order valence-electron chi connectivity index (χ1n) is 8.26. The summed E-state index contributed by atoms with van der Waals surface area (Å²) in [6, 6.07) is 18.1. The second kappa shape index (κ2) is 8.31. The van der Waals surface area contributed by atoms with E-state index < -0.39 is 0 Å². The smallest absolute Gasteiger partial charge is 0.237 e. The molecule has 1 heterocycles. The fourth-order valence-corrected chi connectivity index (χ4v) is 2.63. The predicted octanol–water partition coefficient (Wildman–Crippen LogP) is 2.76. The van der Waals surface area contributed by atoms with Gasteiger partial charge in [-0.3, -0.25) is 4.79 Å². The van der Waals surface area contributed by atoms with E-state index in [2.05, 4.69) is 22.8 Å². The van der Waals surface area contributed by atoms with Crippen LogP contribution in [-0.4, -0.2) is 25.1 Å². The molecule has 0 aromatic heterocycles. The van der Waals surface area contributed by atoms with E-state index in [0.29, 0.717) is 13.2 Å². The van der Waals surface area contributed by atoms with Gasteiger partial charge in [-0.05, 0) is 35.8 Å². The first kappa shape index (κ1) is 16.3. The number of ether oxygens (including phenoxy) is 1. The zero-order valence-electron chi connectivity index (χ0n) is 13.6. The van der Waals surface area contributed by atoms with Gasteiger partial charge in [0.25, 0.3) is 0 Å². The Hall–Kier alpha value is -2.59. The normalized spacial score (nSPS) is 17.2. The lowest BCUT2D eigenvalue weighted by molar-refractivity contribution is -0.120. The van der Waals surface area contributed by atoms with E-state index in [4.69, 9.17) is 4.74 Å².